The number of aromatic nitrogens is 3. The number of halogens is 1. The molecule has 3 N–H and O–H groups in total. The molecule has 1 amide bonds. The van der Waals surface area contributed by atoms with Crippen molar-refractivity contribution in [2.45, 2.75) is 33.2 Å². The standard InChI is InChI=1S/C23H23ClN6OS/c1-13-14(2)32-23-20(13)21(16-6-8-17(24)9-7-16)27-18(22-29-28-15(3)30(22)23)12-19(31)26-11-5-4-10-25/h6-9,18H,10-12,25H2,1-3H3,(H,26,31)/t18-/m0/s1. The van der Waals surface area contributed by atoms with E-state index in [1.807, 2.05) is 35.8 Å². The van der Waals surface area contributed by atoms with Crippen LogP contribution < -0.4 is 11.1 Å². The van der Waals surface area contributed by atoms with Crippen LogP contribution in [0.3, 0.4) is 0 Å². The second-order valence-electron chi connectivity index (χ2n) is 7.44. The zero-order valence-electron chi connectivity index (χ0n) is 18.1. The fourth-order valence-corrected chi connectivity index (χ4v) is 5.00. The highest BCUT2D eigenvalue weighted by Gasteiger charge is 2.32. The average molecular weight is 467 g/mol. The average Bonchev–Trinajstić information content (AvgIpc) is 3.24. The van der Waals surface area contributed by atoms with Crippen molar-refractivity contribution in [2.24, 2.45) is 10.7 Å². The zero-order valence-corrected chi connectivity index (χ0v) is 19.6. The Kier molecular flexibility index (Phi) is 6.42. The fourth-order valence-electron chi connectivity index (χ4n) is 3.66. The summed E-state index contributed by atoms with van der Waals surface area (Å²) < 4.78 is 2.03. The third-order valence-corrected chi connectivity index (χ3v) is 6.78. The summed E-state index contributed by atoms with van der Waals surface area (Å²) in [6.07, 6.45) is 0.131. The van der Waals surface area contributed by atoms with Crippen LogP contribution in [0, 0.1) is 32.6 Å². The summed E-state index contributed by atoms with van der Waals surface area (Å²) in [5.74, 6) is 6.80. The minimum absolute atomic E-state index is 0.131. The van der Waals surface area contributed by atoms with Crippen LogP contribution in [-0.4, -0.2) is 39.5 Å². The van der Waals surface area contributed by atoms with Gasteiger partial charge >= 0.3 is 0 Å². The number of rotatable bonds is 4. The van der Waals surface area contributed by atoms with Crippen LogP contribution >= 0.6 is 22.9 Å². The van der Waals surface area contributed by atoms with Gasteiger partial charge in [-0.1, -0.05) is 35.6 Å². The maximum absolute atomic E-state index is 12.7. The highest BCUT2D eigenvalue weighted by Crippen LogP contribution is 2.39. The van der Waals surface area contributed by atoms with Crippen molar-refractivity contribution >= 4 is 34.6 Å². The summed E-state index contributed by atoms with van der Waals surface area (Å²) in [5, 5.41) is 13.2. The van der Waals surface area contributed by atoms with Crippen LogP contribution in [0.1, 0.15) is 45.7 Å². The van der Waals surface area contributed by atoms with Gasteiger partial charge in [-0.15, -0.1) is 21.5 Å². The summed E-state index contributed by atoms with van der Waals surface area (Å²) in [6.45, 7) is 6.61. The molecule has 0 radical (unpaired) electrons. The number of aryl methyl sites for hydroxylation is 2. The van der Waals surface area contributed by atoms with Crippen LogP contribution in [0.25, 0.3) is 5.00 Å². The third kappa shape index (κ3) is 4.19. The van der Waals surface area contributed by atoms with Crippen molar-refractivity contribution in [3.05, 3.63) is 62.5 Å². The lowest BCUT2D eigenvalue weighted by Crippen LogP contribution is -2.26. The zero-order chi connectivity index (χ0) is 22.8. The van der Waals surface area contributed by atoms with E-state index in [4.69, 9.17) is 22.3 Å². The van der Waals surface area contributed by atoms with E-state index in [0.717, 1.165) is 33.2 Å². The smallest absolute Gasteiger partial charge is 0.223 e. The Morgan fingerprint density at radius 2 is 1.97 bits per heavy atom. The Balaban J connectivity index is 1.83. The molecule has 1 aromatic carbocycles. The molecule has 3 heterocycles. The molecule has 0 fully saturated rings. The number of carbonyl (C=O) groups is 1. The van der Waals surface area contributed by atoms with Crippen molar-refractivity contribution in [1.82, 2.24) is 20.1 Å². The van der Waals surface area contributed by atoms with E-state index < -0.39 is 6.04 Å². The molecule has 0 saturated heterocycles. The minimum Gasteiger partial charge on any atom is -0.345 e. The van der Waals surface area contributed by atoms with Crippen LogP contribution in [0.5, 0.6) is 0 Å². The third-order valence-electron chi connectivity index (χ3n) is 5.34. The highest BCUT2D eigenvalue weighted by molar-refractivity contribution is 7.15. The van der Waals surface area contributed by atoms with Gasteiger partial charge in [0.05, 0.1) is 25.2 Å². The minimum atomic E-state index is -0.497. The van der Waals surface area contributed by atoms with Crippen LogP contribution in [0.2, 0.25) is 5.02 Å². The van der Waals surface area contributed by atoms with E-state index in [1.165, 1.54) is 4.88 Å². The molecule has 0 spiro atoms. The van der Waals surface area contributed by atoms with Gasteiger partial charge in [-0.3, -0.25) is 14.4 Å². The number of amides is 1. The first-order chi connectivity index (χ1) is 15.4. The predicted octanol–water partition coefficient (Wildman–Crippen LogP) is 3.27. The quantitative estimate of drug-likeness (QED) is 0.576. The summed E-state index contributed by atoms with van der Waals surface area (Å²) in [7, 11) is 0. The lowest BCUT2D eigenvalue weighted by atomic mass is 9.99. The predicted molar refractivity (Wildman–Crippen MR) is 128 cm³/mol. The molecule has 0 saturated carbocycles. The molecule has 164 valence electrons. The Labute approximate surface area is 195 Å². The van der Waals surface area contributed by atoms with Gasteiger partial charge in [0.25, 0.3) is 0 Å². The number of nitrogens with one attached hydrogen (secondary N) is 1. The first-order valence-corrected chi connectivity index (χ1v) is 11.4. The van der Waals surface area contributed by atoms with Gasteiger partial charge < -0.3 is 11.1 Å². The van der Waals surface area contributed by atoms with Gasteiger partial charge in [0.1, 0.15) is 16.9 Å². The van der Waals surface area contributed by atoms with Gasteiger partial charge in [0.15, 0.2) is 5.82 Å². The van der Waals surface area contributed by atoms with Crippen molar-refractivity contribution in [1.29, 1.82) is 0 Å². The largest absolute Gasteiger partial charge is 0.345 e. The molecule has 3 aromatic rings. The number of benzene rings is 1. The maximum Gasteiger partial charge on any atom is 0.223 e. The van der Waals surface area contributed by atoms with Crippen LogP contribution in [-0.2, 0) is 4.79 Å². The van der Waals surface area contributed by atoms with Gasteiger partial charge in [0.2, 0.25) is 5.91 Å². The first kappa shape index (κ1) is 22.2. The van der Waals surface area contributed by atoms with Crippen molar-refractivity contribution < 1.29 is 4.79 Å². The SMILES string of the molecule is Cc1sc2c(c1C)C(c1ccc(Cl)cc1)=N[C@@H](CC(=O)NCC#CCN)c1nnc(C)n1-2. The van der Waals surface area contributed by atoms with Gasteiger partial charge in [0, 0.05) is 21.0 Å². The molecule has 4 rings (SSSR count). The van der Waals surface area contributed by atoms with Gasteiger partial charge in [-0.25, -0.2) is 0 Å². The molecule has 1 aliphatic rings. The molecule has 9 heteroatoms. The molecule has 2 aromatic heterocycles. The van der Waals surface area contributed by atoms with E-state index >= 15 is 0 Å². The van der Waals surface area contributed by atoms with E-state index in [1.54, 1.807) is 11.3 Å². The molecule has 1 atom stereocenters. The lowest BCUT2D eigenvalue weighted by molar-refractivity contribution is -0.121. The lowest BCUT2D eigenvalue weighted by Gasteiger charge is -2.12. The van der Waals surface area contributed by atoms with E-state index in [-0.39, 0.29) is 25.4 Å². The molecule has 0 bridgehead atoms. The Morgan fingerprint density at radius 3 is 2.69 bits per heavy atom. The van der Waals surface area contributed by atoms with Gasteiger partial charge in [-0.05, 0) is 38.5 Å². The molecule has 1 aliphatic heterocycles. The van der Waals surface area contributed by atoms with E-state index in [2.05, 4.69) is 41.2 Å². The fraction of sp³-hybridized carbons (Fsp3) is 0.304. The molecular weight excluding hydrogens is 444 g/mol. The van der Waals surface area contributed by atoms with Crippen molar-refractivity contribution in [3.8, 4) is 16.8 Å². The molecule has 32 heavy (non-hydrogen) atoms. The van der Waals surface area contributed by atoms with Crippen LogP contribution in [0.15, 0.2) is 29.3 Å². The number of nitrogens with two attached hydrogens (primary N) is 1. The van der Waals surface area contributed by atoms with Crippen LogP contribution in [0.4, 0.5) is 0 Å². The number of hydrogen-bond donors (Lipinski definition) is 2. The number of fused-ring (bicyclic) bond motifs is 3. The maximum atomic E-state index is 12.7. The van der Waals surface area contributed by atoms with E-state index in [9.17, 15) is 4.79 Å². The monoisotopic (exact) mass is 466 g/mol. The van der Waals surface area contributed by atoms with E-state index in [0.29, 0.717) is 10.8 Å². The van der Waals surface area contributed by atoms with Crippen molar-refractivity contribution in [3.63, 3.8) is 0 Å². The second kappa shape index (κ2) is 9.25. The number of hydrogen-bond acceptors (Lipinski definition) is 6. The molecular formula is C23H23ClN6OS. The molecule has 7 nitrogen and oxygen atoms in total. The highest BCUT2D eigenvalue weighted by atomic mass is 35.5. The number of nitrogens with zero attached hydrogens (tertiary/aromatic N) is 4. The Bertz CT molecular complexity index is 1260. The molecule has 0 aliphatic carbocycles. The van der Waals surface area contributed by atoms with Gasteiger partial charge in [-0.2, -0.15) is 0 Å². The van der Waals surface area contributed by atoms with Crippen molar-refractivity contribution in [2.75, 3.05) is 13.1 Å². The summed E-state index contributed by atoms with van der Waals surface area (Å²) in [4.78, 5) is 18.9. The first-order valence-electron chi connectivity index (χ1n) is 10.2. The number of aliphatic imine (C=N–C) groups is 1. The topological polar surface area (TPSA) is 98.2 Å². The summed E-state index contributed by atoms with van der Waals surface area (Å²) in [5.41, 5.74) is 9.32. The number of thiophene rings is 1. The number of carbonyl (C=O) groups excluding carboxylic acids is 1. The normalized spacial score (nSPS) is 14.5. The second-order valence-corrected chi connectivity index (χ2v) is 9.08. The summed E-state index contributed by atoms with van der Waals surface area (Å²) in [6, 6.07) is 7.11. The Morgan fingerprint density at radius 1 is 1.22 bits per heavy atom. The Hall–Kier alpha value is -2.99. The molecule has 0 unspecified atom stereocenters. The summed E-state index contributed by atoms with van der Waals surface area (Å²) >= 11 is 7.81.